The highest BCUT2D eigenvalue weighted by Crippen LogP contribution is 2.24. The molecule has 0 aliphatic heterocycles. The molecule has 0 aliphatic rings. The Hall–Kier alpha value is -3.02. The van der Waals surface area contributed by atoms with Crippen molar-refractivity contribution in [3.8, 4) is 11.1 Å². The Balaban J connectivity index is 1.78. The number of unbranched alkanes of at least 4 members (excludes halogenated alkanes) is 2. The number of pyridine rings is 1. The van der Waals surface area contributed by atoms with Crippen LogP contribution >= 0.6 is 0 Å². The maximum atomic E-state index is 11.4. The Labute approximate surface area is 171 Å². The Kier molecular flexibility index (Phi) is 7.11. The van der Waals surface area contributed by atoms with E-state index in [9.17, 15) is 9.90 Å². The summed E-state index contributed by atoms with van der Waals surface area (Å²) >= 11 is 0. The molecular formula is C23H28N4O2. The van der Waals surface area contributed by atoms with Crippen molar-refractivity contribution in [2.75, 3.05) is 0 Å². The third-order valence-electron chi connectivity index (χ3n) is 4.91. The van der Waals surface area contributed by atoms with E-state index in [1.54, 1.807) is 12.3 Å². The summed E-state index contributed by atoms with van der Waals surface area (Å²) in [5.74, 6) is 0.947. The van der Waals surface area contributed by atoms with Gasteiger partial charge in [-0.1, -0.05) is 51.0 Å². The number of benzene rings is 1. The van der Waals surface area contributed by atoms with Crippen molar-refractivity contribution in [1.29, 1.82) is 0 Å². The molecule has 3 aromatic rings. The minimum absolute atomic E-state index is 0.208. The number of aromatic carboxylic acids is 1. The summed E-state index contributed by atoms with van der Waals surface area (Å²) in [4.78, 5) is 20.1. The summed E-state index contributed by atoms with van der Waals surface area (Å²) in [7, 11) is 0. The topological polar surface area (TPSA) is 80.9 Å². The van der Waals surface area contributed by atoms with Crippen molar-refractivity contribution >= 4 is 5.97 Å². The van der Waals surface area contributed by atoms with E-state index < -0.39 is 5.97 Å². The van der Waals surface area contributed by atoms with Crippen LogP contribution in [0.15, 0.2) is 42.7 Å². The van der Waals surface area contributed by atoms with Gasteiger partial charge in [0.25, 0.3) is 0 Å². The highest BCUT2D eigenvalue weighted by Gasteiger charge is 2.13. The average molecular weight is 393 g/mol. The molecule has 0 spiro atoms. The quantitative estimate of drug-likeness (QED) is 0.503. The lowest BCUT2D eigenvalue weighted by Gasteiger charge is -2.08. The predicted octanol–water partition coefficient (Wildman–Crippen LogP) is 4.77. The van der Waals surface area contributed by atoms with E-state index in [4.69, 9.17) is 10.1 Å². The Morgan fingerprint density at radius 3 is 2.55 bits per heavy atom. The van der Waals surface area contributed by atoms with Crippen molar-refractivity contribution in [2.24, 2.45) is 0 Å². The van der Waals surface area contributed by atoms with Crippen LogP contribution in [-0.2, 0) is 19.4 Å². The molecule has 2 heterocycles. The van der Waals surface area contributed by atoms with Gasteiger partial charge >= 0.3 is 5.97 Å². The fourth-order valence-corrected chi connectivity index (χ4v) is 3.39. The third kappa shape index (κ3) is 5.28. The normalized spacial score (nSPS) is 11.0. The Morgan fingerprint density at radius 2 is 1.86 bits per heavy atom. The van der Waals surface area contributed by atoms with Crippen molar-refractivity contribution in [1.82, 2.24) is 19.7 Å². The summed E-state index contributed by atoms with van der Waals surface area (Å²) in [6.07, 6.45) is 9.17. The Morgan fingerprint density at radius 1 is 1.07 bits per heavy atom. The monoisotopic (exact) mass is 392 g/mol. The zero-order valence-electron chi connectivity index (χ0n) is 17.1. The number of carboxylic acids is 1. The van der Waals surface area contributed by atoms with E-state index in [2.05, 4.69) is 18.8 Å². The molecule has 0 fully saturated rings. The van der Waals surface area contributed by atoms with Crippen LogP contribution in [0.25, 0.3) is 11.1 Å². The van der Waals surface area contributed by atoms with Gasteiger partial charge in [0.15, 0.2) is 5.82 Å². The van der Waals surface area contributed by atoms with Gasteiger partial charge in [0, 0.05) is 31.8 Å². The van der Waals surface area contributed by atoms with Crippen LogP contribution in [0, 0.1) is 0 Å². The molecule has 0 amide bonds. The van der Waals surface area contributed by atoms with Crippen molar-refractivity contribution in [3.05, 3.63) is 65.5 Å². The first-order valence-corrected chi connectivity index (χ1v) is 10.3. The van der Waals surface area contributed by atoms with Crippen molar-refractivity contribution in [3.63, 3.8) is 0 Å². The van der Waals surface area contributed by atoms with Gasteiger partial charge in [-0.05, 0) is 35.6 Å². The fraction of sp³-hybridized carbons (Fsp3) is 0.391. The lowest BCUT2D eigenvalue weighted by atomic mass is 10.00. The number of rotatable bonds is 10. The molecule has 2 aromatic heterocycles. The minimum Gasteiger partial charge on any atom is -0.478 e. The molecular weight excluding hydrogens is 364 g/mol. The largest absolute Gasteiger partial charge is 0.478 e. The standard InChI is InChI=1S/C23H28N4O2/c1-3-5-6-7-21-25-22(27(26-21)14-4-2)15-17-8-10-18(11-9-17)19-12-13-24-16-20(19)23(28)29/h8-13,16H,3-7,14-15H2,1-2H3,(H,28,29). The molecule has 6 nitrogen and oxygen atoms in total. The molecule has 3 rings (SSSR count). The highest BCUT2D eigenvalue weighted by atomic mass is 16.4. The fourth-order valence-electron chi connectivity index (χ4n) is 3.39. The van der Waals surface area contributed by atoms with E-state index in [-0.39, 0.29) is 5.56 Å². The van der Waals surface area contributed by atoms with E-state index in [0.29, 0.717) is 12.0 Å². The molecule has 0 saturated heterocycles. The zero-order chi connectivity index (χ0) is 20.6. The van der Waals surface area contributed by atoms with Crippen LogP contribution < -0.4 is 0 Å². The molecule has 0 radical (unpaired) electrons. The first-order chi connectivity index (χ1) is 14.1. The van der Waals surface area contributed by atoms with Gasteiger partial charge in [0.1, 0.15) is 5.82 Å². The summed E-state index contributed by atoms with van der Waals surface area (Å²) < 4.78 is 2.03. The molecule has 152 valence electrons. The van der Waals surface area contributed by atoms with Crippen molar-refractivity contribution < 1.29 is 9.90 Å². The molecule has 0 unspecified atom stereocenters. The van der Waals surface area contributed by atoms with E-state index in [1.807, 2.05) is 28.9 Å². The molecule has 6 heteroatoms. The van der Waals surface area contributed by atoms with E-state index in [0.717, 1.165) is 48.6 Å². The van der Waals surface area contributed by atoms with Gasteiger partial charge in [-0.3, -0.25) is 4.98 Å². The molecule has 0 bridgehead atoms. The average Bonchev–Trinajstić information content (AvgIpc) is 3.10. The zero-order valence-corrected chi connectivity index (χ0v) is 17.1. The lowest BCUT2D eigenvalue weighted by molar-refractivity contribution is 0.0697. The smallest absolute Gasteiger partial charge is 0.337 e. The second-order valence-corrected chi connectivity index (χ2v) is 7.22. The van der Waals surface area contributed by atoms with Crippen LogP contribution in [0.4, 0.5) is 0 Å². The van der Waals surface area contributed by atoms with Crippen LogP contribution in [0.1, 0.15) is 67.1 Å². The van der Waals surface area contributed by atoms with Gasteiger partial charge in [0.2, 0.25) is 0 Å². The summed E-state index contributed by atoms with van der Waals surface area (Å²) in [5, 5.41) is 14.1. The van der Waals surface area contributed by atoms with Gasteiger partial charge in [-0.15, -0.1) is 0 Å². The first-order valence-electron chi connectivity index (χ1n) is 10.3. The van der Waals surface area contributed by atoms with Gasteiger partial charge in [-0.2, -0.15) is 5.10 Å². The molecule has 0 saturated carbocycles. The number of aryl methyl sites for hydroxylation is 2. The summed E-state index contributed by atoms with van der Waals surface area (Å²) in [6, 6.07) is 9.71. The molecule has 1 N–H and O–H groups in total. The number of hydrogen-bond donors (Lipinski definition) is 1. The van der Waals surface area contributed by atoms with Crippen LogP contribution in [0.3, 0.4) is 0 Å². The second kappa shape index (κ2) is 9.96. The first kappa shape index (κ1) is 20.7. The summed E-state index contributed by atoms with van der Waals surface area (Å²) in [5.41, 5.74) is 2.87. The molecule has 29 heavy (non-hydrogen) atoms. The second-order valence-electron chi connectivity index (χ2n) is 7.22. The highest BCUT2D eigenvalue weighted by molar-refractivity contribution is 5.95. The molecule has 0 aliphatic carbocycles. The SMILES string of the molecule is CCCCCc1nc(Cc2ccc(-c3ccncc3C(=O)O)cc2)n(CCC)n1. The Bertz CT molecular complexity index is 948. The lowest BCUT2D eigenvalue weighted by Crippen LogP contribution is -2.06. The van der Waals surface area contributed by atoms with Crippen molar-refractivity contribution in [2.45, 2.75) is 58.9 Å². The minimum atomic E-state index is -0.972. The number of aromatic nitrogens is 4. The van der Waals surface area contributed by atoms with E-state index in [1.165, 1.54) is 19.0 Å². The summed E-state index contributed by atoms with van der Waals surface area (Å²) in [6.45, 7) is 5.21. The van der Waals surface area contributed by atoms with Crippen LogP contribution in [0.2, 0.25) is 0 Å². The number of carbonyl (C=O) groups is 1. The maximum absolute atomic E-state index is 11.4. The maximum Gasteiger partial charge on any atom is 0.337 e. The van der Waals surface area contributed by atoms with Gasteiger partial charge in [-0.25, -0.2) is 14.5 Å². The van der Waals surface area contributed by atoms with Gasteiger partial charge in [0.05, 0.1) is 5.56 Å². The number of hydrogen-bond acceptors (Lipinski definition) is 4. The molecule has 1 aromatic carbocycles. The predicted molar refractivity (Wildman–Crippen MR) is 113 cm³/mol. The molecule has 0 atom stereocenters. The number of carboxylic acid groups (broad SMARTS) is 1. The van der Waals surface area contributed by atoms with E-state index >= 15 is 0 Å². The third-order valence-corrected chi connectivity index (χ3v) is 4.91. The van der Waals surface area contributed by atoms with Gasteiger partial charge < -0.3 is 5.11 Å². The van der Waals surface area contributed by atoms with Crippen LogP contribution in [0.5, 0.6) is 0 Å². The van der Waals surface area contributed by atoms with Crippen LogP contribution in [-0.4, -0.2) is 30.8 Å². The number of nitrogens with zero attached hydrogens (tertiary/aromatic N) is 4.